The van der Waals surface area contributed by atoms with Gasteiger partial charge in [0.25, 0.3) is 0 Å². The van der Waals surface area contributed by atoms with Gasteiger partial charge in [0.2, 0.25) is 0 Å². The third kappa shape index (κ3) is 3.78. The molecule has 2 aromatic rings. The fourth-order valence-corrected chi connectivity index (χ4v) is 2.42. The van der Waals surface area contributed by atoms with Gasteiger partial charge in [-0.15, -0.1) is 0 Å². The molecule has 4 nitrogen and oxygen atoms in total. The van der Waals surface area contributed by atoms with Gasteiger partial charge in [-0.1, -0.05) is 30.3 Å². The maximum Gasteiger partial charge on any atom is 0.161 e. The van der Waals surface area contributed by atoms with E-state index in [2.05, 4.69) is 5.32 Å². The zero-order valence-corrected chi connectivity index (χ0v) is 13.3. The van der Waals surface area contributed by atoms with E-state index >= 15 is 0 Å². The Bertz CT molecular complexity index is 599. The summed E-state index contributed by atoms with van der Waals surface area (Å²) >= 11 is 0. The summed E-state index contributed by atoms with van der Waals surface area (Å²) in [4.78, 5) is 0. The van der Waals surface area contributed by atoms with Crippen molar-refractivity contribution in [2.45, 2.75) is 19.5 Å². The Morgan fingerprint density at radius 1 is 1.05 bits per heavy atom. The van der Waals surface area contributed by atoms with Crippen molar-refractivity contribution in [1.82, 2.24) is 5.32 Å². The maximum atomic E-state index is 9.60. The molecular formula is C18H23NO3. The number of nitrogens with one attached hydrogen (secondary N) is 1. The molecule has 0 aromatic heterocycles. The number of aliphatic hydroxyl groups excluding tert-OH is 1. The molecule has 4 heteroatoms. The average Bonchev–Trinajstić information content (AvgIpc) is 2.57. The van der Waals surface area contributed by atoms with Gasteiger partial charge in [-0.3, -0.25) is 0 Å². The molecule has 0 fully saturated rings. The zero-order chi connectivity index (χ0) is 15.9. The van der Waals surface area contributed by atoms with Crippen LogP contribution in [0.15, 0.2) is 42.5 Å². The molecule has 1 atom stereocenters. The lowest BCUT2D eigenvalue weighted by molar-refractivity contribution is 0.243. The number of rotatable bonds is 7. The number of hydrogen-bond donors (Lipinski definition) is 2. The van der Waals surface area contributed by atoms with Crippen LogP contribution in [-0.2, 0) is 6.54 Å². The lowest BCUT2D eigenvalue weighted by atomic mass is 10.0. The van der Waals surface area contributed by atoms with Crippen molar-refractivity contribution in [1.29, 1.82) is 0 Å². The van der Waals surface area contributed by atoms with Crippen molar-refractivity contribution in [2.24, 2.45) is 0 Å². The SMILES string of the molecule is COc1cc(C)c(CN[C@H](CO)c2ccccc2)cc1OC. The quantitative estimate of drug-likeness (QED) is 0.825. The van der Waals surface area contributed by atoms with Gasteiger partial charge in [0.15, 0.2) is 11.5 Å². The molecule has 0 amide bonds. The van der Waals surface area contributed by atoms with E-state index in [0.717, 1.165) is 22.4 Å². The predicted molar refractivity (Wildman–Crippen MR) is 87.4 cm³/mol. The van der Waals surface area contributed by atoms with Crippen LogP contribution in [0.1, 0.15) is 22.7 Å². The minimum atomic E-state index is -0.0892. The second-order valence-corrected chi connectivity index (χ2v) is 5.16. The molecule has 0 bridgehead atoms. The van der Waals surface area contributed by atoms with Crippen LogP contribution in [0.5, 0.6) is 11.5 Å². The van der Waals surface area contributed by atoms with E-state index in [0.29, 0.717) is 12.3 Å². The molecule has 0 unspecified atom stereocenters. The van der Waals surface area contributed by atoms with Gasteiger partial charge >= 0.3 is 0 Å². The first-order chi connectivity index (χ1) is 10.7. The highest BCUT2D eigenvalue weighted by molar-refractivity contribution is 5.47. The Labute approximate surface area is 131 Å². The molecule has 118 valence electrons. The van der Waals surface area contributed by atoms with Gasteiger partial charge < -0.3 is 19.9 Å². The first-order valence-electron chi connectivity index (χ1n) is 7.30. The molecule has 0 spiro atoms. The third-order valence-electron chi connectivity index (χ3n) is 3.77. The fraction of sp³-hybridized carbons (Fsp3) is 0.333. The van der Waals surface area contributed by atoms with E-state index in [1.807, 2.05) is 49.4 Å². The van der Waals surface area contributed by atoms with Crippen LogP contribution in [0.3, 0.4) is 0 Å². The van der Waals surface area contributed by atoms with Crippen molar-refractivity contribution < 1.29 is 14.6 Å². The van der Waals surface area contributed by atoms with Crippen LogP contribution in [0.25, 0.3) is 0 Å². The summed E-state index contributed by atoms with van der Waals surface area (Å²) in [5.74, 6) is 1.44. The molecule has 0 saturated carbocycles. The number of aryl methyl sites for hydroxylation is 1. The van der Waals surface area contributed by atoms with E-state index in [1.165, 1.54) is 0 Å². The van der Waals surface area contributed by atoms with E-state index in [1.54, 1.807) is 14.2 Å². The van der Waals surface area contributed by atoms with E-state index in [-0.39, 0.29) is 12.6 Å². The number of aliphatic hydroxyl groups is 1. The molecular weight excluding hydrogens is 278 g/mol. The molecule has 2 N–H and O–H groups in total. The molecule has 2 aromatic carbocycles. The largest absolute Gasteiger partial charge is 0.493 e. The van der Waals surface area contributed by atoms with Gasteiger partial charge in [-0.25, -0.2) is 0 Å². The Morgan fingerprint density at radius 2 is 1.68 bits per heavy atom. The number of benzene rings is 2. The maximum absolute atomic E-state index is 9.60. The average molecular weight is 301 g/mol. The smallest absolute Gasteiger partial charge is 0.161 e. The van der Waals surface area contributed by atoms with Gasteiger partial charge in [-0.2, -0.15) is 0 Å². The summed E-state index contributed by atoms with van der Waals surface area (Å²) in [6, 6.07) is 13.8. The topological polar surface area (TPSA) is 50.7 Å². The molecule has 0 radical (unpaired) electrons. The van der Waals surface area contributed by atoms with Crippen molar-refractivity contribution in [3.63, 3.8) is 0 Å². The first kappa shape index (κ1) is 16.3. The summed E-state index contributed by atoms with van der Waals surface area (Å²) in [5.41, 5.74) is 3.31. The monoisotopic (exact) mass is 301 g/mol. The zero-order valence-electron chi connectivity index (χ0n) is 13.3. The molecule has 0 saturated heterocycles. The van der Waals surface area contributed by atoms with Crippen molar-refractivity contribution in [3.8, 4) is 11.5 Å². The van der Waals surface area contributed by atoms with Gasteiger partial charge in [-0.05, 0) is 35.7 Å². The Morgan fingerprint density at radius 3 is 2.27 bits per heavy atom. The van der Waals surface area contributed by atoms with Gasteiger partial charge in [0, 0.05) is 6.54 Å². The second kappa shape index (κ2) is 7.82. The van der Waals surface area contributed by atoms with Crippen LogP contribution in [0.4, 0.5) is 0 Å². The van der Waals surface area contributed by atoms with E-state index in [9.17, 15) is 5.11 Å². The summed E-state index contributed by atoms with van der Waals surface area (Å²) in [5, 5.41) is 13.0. The molecule has 0 aliphatic rings. The van der Waals surface area contributed by atoms with Gasteiger partial charge in [0.1, 0.15) is 0 Å². The fourth-order valence-electron chi connectivity index (χ4n) is 2.42. The Kier molecular flexibility index (Phi) is 5.81. The predicted octanol–water partition coefficient (Wildman–Crippen LogP) is 2.84. The highest BCUT2D eigenvalue weighted by atomic mass is 16.5. The van der Waals surface area contributed by atoms with Crippen LogP contribution in [-0.4, -0.2) is 25.9 Å². The molecule has 22 heavy (non-hydrogen) atoms. The molecule has 0 aliphatic carbocycles. The second-order valence-electron chi connectivity index (χ2n) is 5.16. The summed E-state index contributed by atoms with van der Waals surface area (Å²) in [6.45, 7) is 2.73. The van der Waals surface area contributed by atoms with Crippen LogP contribution >= 0.6 is 0 Å². The normalized spacial score (nSPS) is 12.0. The number of hydrogen-bond acceptors (Lipinski definition) is 4. The molecule has 2 rings (SSSR count). The van der Waals surface area contributed by atoms with Gasteiger partial charge in [0.05, 0.1) is 26.9 Å². The van der Waals surface area contributed by atoms with E-state index in [4.69, 9.17) is 9.47 Å². The molecule has 0 heterocycles. The minimum absolute atomic E-state index is 0.0519. The van der Waals surface area contributed by atoms with Crippen molar-refractivity contribution in [2.75, 3.05) is 20.8 Å². The van der Waals surface area contributed by atoms with Crippen LogP contribution in [0, 0.1) is 6.92 Å². The standard InChI is InChI=1S/C18H23NO3/c1-13-9-17(21-2)18(22-3)10-15(13)11-19-16(12-20)14-7-5-4-6-8-14/h4-10,16,19-20H,11-12H2,1-3H3/t16-/m1/s1. The Hall–Kier alpha value is -2.04. The number of ether oxygens (including phenoxy) is 2. The van der Waals surface area contributed by atoms with Crippen LogP contribution < -0.4 is 14.8 Å². The van der Waals surface area contributed by atoms with E-state index < -0.39 is 0 Å². The third-order valence-corrected chi connectivity index (χ3v) is 3.77. The number of methoxy groups -OCH3 is 2. The Balaban J connectivity index is 2.13. The lowest BCUT2D eigenvalue weighted by Crippen LogP contribution is -2.24. The first-order valence-corrected chi connectivity index (χ1v) is 7.30. The van der Waals surface area contributed by atoms with Crippen LogP contribution in [0.2, 0.25) is 0 Å². The summed E-state index contributed by atoms with van der Waals surface area (Å²) in [6.07, 6.45) is 0. The summed E-state index contributed by atoms with van der Waals surface area (Å²) in [7, 11) is 3.26. The van der Waals surface area contributed by atoms with Crippen molar-refractivity contribution in [3.05, 3.63) is 59.2 Å². The highest BCUT2D eigenvalue weighted by Crippen LogP contribution is 2.30. The lowest BCUT2D eigenvalue weighted by Gasteiger charge is -2.18. The minimum Gasteiger partial charge on any atom is -0.493 e. The van der Waals surface area contributed by atoms with Crippen molar-refractivity contribution >= 4 is 0 Å². The molecule has 0 aliphatic heterocycles. The highest BCUT2D eigenvalue weighted by Gasteiger charge is 2.12. The summed E-state index contributed by atoms with van der Waals surface area (Å²) < 4.78 is 10.7.